The van der Waals surface area contributed by atoms with Crippen LogP contribution in [0, 0.1) is 0 Å². The van der Waals surface area contributed by atoms with E-state index in [1.807, 2.05) is 24.3 Å². The maximum absolute atomic E-state index is 12.2. The predicted octanol–water partition coefficient (Wildman–Crippen LogP) is 2.82. The molecule has 2 aliphatic rings. The maximum Gasteiger partial charge on any atom is 0.323 e. The Morgan fingerprint density at radius 1 is 1.09 bits per heavy atom. The van der Waals surface area contributed by atoms with Gasteiger partial charge in [-0.1, -0.05) is 0 Å². The van der Waals surface area contributed by atoms with Gasteiger partial charge in [-0.25, -0.2) is 14.8 Å². The van der Waals surface area contributed by atoms with Crippen molar-refractivity contribution in [2.45, 2.75) is 26.0 Å². The average Bonchev–Trinajstić information content (AvgIpc) is 3.23. The lowest BCUT2D eigenvalue weighted by Crippen LogP contribution is -2.45. The summed E-state index contributed by atoms with van der Waals surface area (Å²) in [4.78, 5) is 24.3. The molecule has 2 aromatic heterocycles. The van der Waals surface area contributed by atoms with Crippen LogP contribution in [0.1, 0.15) is 18.2 Å². The van der Waals surface area contributed by atoms with E-state index in [-0.39, 0.29) is 12.1 Å². The van der Waals surface area contributed by atoms with Crippen LogP contribution in [0.15, 0.2) is 36.7 Å². The number of aromatic nitrogens is 4. The molecule has 1 fully saturated rings. The van der Waals surface area contributed by atoms with Gasteiger partial charge in [0.05, 0.1) is 50.0 Å². The van der Waals surface area contributed by atoms with Crippen molar-refractivity contribution in [2.24, 2.45) is 7.05 Å². The molecule has 2 amide bonds. The van der Waals surface area contributed by atoms with E-state index in [1.54, 1.807) is 24.1 Å². The maximum atomic E-state index is 12.2. The lowest BCUT2D eigenvalue weighted by Gasteiger charge is -2.36. The summed E-state index contributed by atoms with van der Waals surface area (Å²) in [5.41, 5.74) is 4.31. The fraction of sp³-hybridized carbons (Fsp3) is 0.391. The molecule has 0 spiro atoms. The number of urea groups is 1. The van der Waals surface area contributed by atoms with Gasteiger partial charge in [-0.05, 0) is 31.2 Å². The van der Waals surface area contributed by atoms with E-state index in [1.165, 1.54) is 0 Å². The molecule has 2 N–H and O–H groups in total. The lowest BCUT2D eigenvalue weighted by atomic mass is 10.1. The molecule has 0 aliphatic carbocycles. The van der Waals surface area contributed by atoms with Gasteiger partial charge in [0.25, 0.3) is 0 Å². The van der Waals surface area contributed by atoms with Gasteiger partial charge >= 0.3 is 6.03 Å². The molecule has 172 valence electrons. The highest BCUT2D eigenvalue weighted by atomic mass is 16.5. The fourth-order valence-electron chi connectivity index (χ4n) is 4.11. The summed E-state index contributed by atoms with van der Waals surface area (Å²) in [7, 11) is 1.79. The molecule has 33 heavy (non-hydrogen) atoms. The highest BCUT2D eigenvalue weighted by Crippen LogP contribution is 2.31. The van der Waals surface area contributed by atoms with Gasteiger partial charge in [0, 0.05) is 43.0 Å². The van der Waals surface area contributed by atoms with Gasteiger partial charge in [0.2, 0.25) is 0 Å². The normalized spacial score (nSPS) is 18.0. The summed E-state index contributed by atoms with van der Waals surface area (Å²) in [6, 6.07) is 7.45. The van der Waals surface area contributed by atoms with Crippen LogP contribution < -0.4 is 15.5 Å². The fourth-order valence-corrected chi connectivity index (χ4v) is 4.11. The van der Waals surface area contributed by atoms with Crippen LogP contribution in [0.5, 0.6) is 0 Å². The molecule has 1 aromatic carbocycles. The molecule has 1 saturated heterocycles. The second-order valence-corrected chi connectivity index (χ2v) is 8.28. The number of nitrogens with one attached hydrogen (secondary N) is 2. The van der Waals surface area contributed by atoms with E-state index in [9.17, 15) is 4.79 Å². The molecule has 1 atom stereocenters. The van der Waals surface area contributed by atoms with Gasteiger partial charge in [-0.3, -0.25) is 4.68 Å². The minimum atomic E-state index is -0.329. The average molecular weight is 450 g/mol. The molecule has 0 radical (unpaired) electrons. The SMILES string of the molecule is CC1COCCN1c1nc(-c2ccc(NC(=O)Nc3cnn(C)c3)cc2)nc2c1COCC2. The molecule has 4 heterocycles. The molecule has 5 rings (SSSR count). The topological polar surface area (TPSA) is 106 Å². The number of carbonyl (C=O) groups excluding carboxylic acids is 1. The molecular weight excluding hydrogens is 422 g/mol. The number of benzene rings is 1. The Balaban J connectivity index is 1.37. The van der Waals surface area contributed by atoms with Crippen molar-refractivity contribution in [3.8, 4) is 11.4 Å². The summed E-state index contributed by atoms with van der Waals surface area (Å²) < 4.78 is 13.0. The second kappa shape index (κ2) is 9.16. The third kappa shape index (κ3) is 4.67. The number of nitrogens with zero attached hydrogens (tertiary/aromatic N) is 5. The number of amides is 2. The van der Waals surface area contributed by atoms with Gasteiger partial charge in [-0.2, -0.15) is 5.10 Å². The predicted molar refractivity (Wildman–Crippen MR) is 124 cm³/mol. The Labute approximate surface area is 191 Å². The summed E-state index contributed by atoms with van der Waals surface area (Å²) >= 11 is 0. The van der Waals surface area contributed by atoms with Crippen LogP contribution >= 0.6 is 0 Å². The monoisotopic (exact) mass is 449 g/mol. The second-order valence-electron chi connectivity index (χ2n) is 8.28. The first kappa shape index (κ1) is 21.4. The minimum absolute atomic E-state index is 0.234. The third-order valence-electron chi connectivity index (χ3n) is 5.80. The lowest BCUT2D eigenvalue weighted by molar-refractivity contribution is 0.0952. The van der Waals surface area contributed by atoms with Crippen molar-refractivity contribution < 1.29 is 14.3 Å². The van der Waals surface area contributed by atoms with Crippen molar-refractivity contribution in [1.82, 2.24) is 19.7 Å². The summed E-state index contributed by atoms with van der Waals surface area (Å²) in [6.45, 7) is 5.49. The summed E-state index contributed by atoms with van der Waals surface area (Å²) in [5.74, 6) is 1.61. The molecule has 2 aliphatic heterocycles. The number of fused-ring (bicyclic) bond motifs is 1. The van der Waals surface area contributed by atoms with Crippen molar-refractivity contribution >= 4 is 23.2 Å². The highest BCUT2D eigenvalue weighted by Gasteiger charge is 2.27. The van der Waals surface area contributed by atoms with Gasteiger partial charge < -0.3 is 25.0 Å². The third-order valence-corrected chi connectivity index (χ3v) is 5.80. The van der Waals surface area contributed by atoms with Gasteiger partial charge in [0.15, 0.2) is 5.82 Å². The van der Waals surface area contributed by atoms with E-state index in [0.717, 1.165) is 35.6 Å². The van der Waals surface area contributed by atoms with E-state index < -0.39 is 0 Å². The molecular formula is C23H27N7O3. The summed E-state index contributed by atoms with van der Waals surface area (Å²) in [6.07, 6.45) is 4.09. The first-order valence-electron chi connectivity index (χ1n) is 11.1. The largest absolute Gasteiger partial charge is 0.377 e. The van der Waals surface area contributed by atoms with Crippen LogP contribution in [-0.4, -0.2) is 58.2 Å². The number of hydrogen-bond donors (Lipinski definition) is 2. The molecule has 0 saturated carbocycles. The summed E-state index contributed by atoms with van der Waals surface area (Å²) in [5, 5.41) is 9.62. The van der Waals surface area contributed by atoms with Crippen LogP contribution in [0.3, 0.4) is 0 Å². The first-order valence-corrected chi connectivity index (χ1v) is 11.1. The number of carbonyl (C=O) groups is 1. The van der Waals surface area contributed by atoms with Crippen LogP contribution in [-0.2, 0) is 29.5 Å². The van der Waals surface area contributed by atoms with E-state index in [0.29, 0.717) is 43.6 Å². The van der Waals surface area contributed by atoms with Gasteiger partial charge in [0.1, 0.15) is 5.82 Å². The van der Waals surface area contributed by atoms with Crippen molar-refractivity contribution in [3.63, 3.8) is 0 Å². The zero-order chi connectivity index (χ0) is 22.8. The standard InChI is InChI=1S/C23H27N7O3/c1-15-13-33-10-8-30(15)22-19-14-32-9-7-20(19)27-21(28-22)16-3-5-17(6-4-16)25-23(31)26-18-11-24-29(2)12-18/h3-6,11-12,15H,7-10,13-14H2,1-2H3,(H2,25,26,31). The van der Waals surface area contributed by atoms with Crippen molar-refractivity contribution in [2.75, 3.05) is 41.9 Å². The number of morpholine rings is 1. The number of anilines is 3. The Morgan fingerprint density at radius 2 is 1.91 bits per heavy atom. The van der Waals surface area contributed by atoms with Crippen molar-refractivity contribution in [3.05, 3.63) is 47.9 Å². The number of rotatable bonds is 4. The zero-order valence-electron chi connectivity index (χ0n) is 18.7. The van der Waals surface area contributed by atoms with E-state index in [4.69, 9.17) is 19.4 Å². The van der Waals surface area contributed by atoms with E-state index in [2.05, 4.69) is 27.6 Å². The Morgan fingerprint density at radius 3 is 2.67 bits per heavy atom. The van der Waals surface area contributed by atoms with Crippen LogP contribution in [0.25, 0.3) is 11.4 Å². The number of ether oxygens (including phenoxy) is 2. The quantitative estimate of drug-likeness (QED) is 0.631. The van der Waals surface area contributed by atoms with E-state index >= 15 is 0 Å². The Hall–Kier alpha value is -3.50. The molecule has 1 unspecified atom stereocenters. The zero-order valence-corrected chi connectivity index (χ0v) is 18.7. The van der Waals surface area contributed by atoms with Crippen LogP contribution in [0.2, 0.25) is 0 Å². The van der Waals surface area contributed by atoms with Crippen LogP contribution in [0.4, 0.5) is 22.0 Å². The highest BCUT2D eigenvalue weighted by molar-refractivity contribution is 5.99. The molecule has 10 nitrogen and oxygen atoms in total. The Kier molecular flexibility index (Phi) is 5.93. The molecule has 0 bridgehead atoms. The number of hydrogen-bond acceptors (Lipinski definition) is 7. The number of aryl methyl sites for hydroxylation is 1. The Bertz CT molecular complexity index is 1150. The smallest absolute Gasteiger partial charge is 0.323 e. The minimum Gasteiger partial charge on any atom is -0.377 e. The van der Waals surface area contributed by atoms with Gasteiger partial charge in [-0.15, -0.1) is 0 Å². The first-order chi connectivity index (χ1) is 16.1. The van der Waals surface area contributed by atoms with Crippen molar-refractivity contribution in [1.29, 1.82) is 0 Å². The molecule has 3 aromatic rings. The molecule has 10 heteroatoms.